The molecule has 0 aliphatic heterocycles. The molecule has 0 N–H and O–H groups in total. The lowest BCUT2D eigenvalue weighted by Crippen LogP contribution is -2.08. The molecule has 4 heteroatoms. The van der Waals surface area contributed by atoms with Crippen LogP contribution in [0.5, 0.6) is 0 Å². The molecular weight excluding hydrogens is 246 g/mol. The van der Waals surface area contributed by atoms with Crippen molar-refractivity contribution in [3.8, 4) is 0 Å². The van der Waals surface area contributed by atoms with Gasteiger partial charge in [-0.3, -0.25) is 4.57 Å². The van der Waals surface area contributed by atoms with Gasteiger partial charge >= 0.3 is 5.76 Å². The minimum Gasteiger partial charge on any atom is -0.408 e. The van der Waals surface area contributed by atoms with Crippen LogP contribution in [0.25, 0.3) is 11.1 Å². The Labute approximate surface area is 89.5 Å². The Morgan fingerprint density at radius 1 is 1.50 bits per heavy atom. The minimum atomic E-state index is -0.319. The van der Waals surface area contributed by atoms with Gasteiger partial charge in [-0.15, -0.1) is 0 Å². The summed E-state index contributed by atoms with van der Waals surface area (Å²) in [5, 5.41) is 0. The Kier molecular flexibility index (Phi) is 2.23. The van der Waals surface area contributed by atoms with Crippen molar-refractivity contribution in [1.29, 1.82) is 0 Å². The summed E-state index contributed by atoms with van der Waals surface area (Å²) in [7, 11) is 1.70. The van der Waals surface area contributed by atoms with Crippen LogP contribution in [-0.4, -0.2) is 4.57 Å². The normalized spacial score (nSPS) is 11.1. The number of aryl methyl sites for hydroxylation is 2. The number of aromatic nitrogens is 1. The first-order chi connectivity index (χ1) is 6.63. The number of benzene rings is 1. The number of fused-ring (bicyclic) bond motifs is 1. The Hall–Kier alpha value is -1.03. The first-order valence-electron chi connectivity index (χ1n) is 4.41. The summed E-state index contributed by atoms with van der Waals surface area (Å²) in [4.78, 5) is 11.2. The number of hydrogen-bond donors (Lipinski definition) is 0. The van der Waals surface area contributed by atoms with Crippen molar-refractivity contribution in [1.82, 2.24) is 4.57 Å². The summed E-state index contributed by atoms with van der Waals surface area (Å²) >= 11 is 3.46. The molecule has 0 atom stereocenters. The molecule has 0 saturated heterocycles. The third-order valence-electron chi connectivity index (χ3n) is 2.34. The van der Waals surface area contributed by atoms with Crippen molar-refractivity contribution in [2.24, 2.45) is 7.05 Å². The summed E-state index contributed by atoms with van der Waals surface area (Å²) in [5.41, 5.74) is 2.61. The monoisotopic (exact) mass is 255 g/mol. The highest BCUT2D eigenvalue weighted by atomic mass is 79.9. The Balaban J connectivity index is 2.86. The van der Waals surface area contributed by atoms with Crippen molar-refractivity contribution in [2.75, 3.05) is 0 Å². The molecule has 2 rings (SSSR count). The van der Waals surface area contributed by atoms with Crippen LogP contribution >= 0.6 is 15.9 Å². The molecular formula is C10H10BrNO2. The van der Waals surface area contributed by atoms with E-state index in [4.69, 9.17) is 4.42 Å². The zero-order valence-corrected chi connectivity index (χ0v) is 9.59. The highest BCUT2D eigenvalue weighted by Crippen LogP contribution is 2.23. The Morgan fingerprint density at radius 3 is 2.86 bits per heavy atom. The minimum absolute atomic E-state index is 0.319. The molecule has 3 nitrogen and oxygen atoms in total. The lowest BCUT2D eigenvalue weighted by atomic mass is 10.1. The first-order valence-corrected chi connectivity index (χ1v) is 5.20. The average Bonchev–Trinajstić information content (AvgIpc) is 2.43. The molecule has 0 fully saturated rings. The summed E-state index contributed by atoms with van der Waals surface area (Å²) in [6, 6.07) is 3.82. The molecule has 1 heterocycles. The van der Waals surface area contributed by atoms with Crippen molar-refractivity contribution >= 4 is 27.0 Å². The molecule has 2 aromatic rings. The van der Waals surface area contributed by atoms with Gasteiger partial charge in [0.2, 0.25) is 0 Å². The molecule has 0 saturated carbocycles. The van der Waals surface area contributed by atoms with E-state index in [1.165, 1.54) is 4.57 Å². The van der Waals surface area contributed by atoms with E-state index in [1.807, 2.05) is 12.1 Å². The standard InChI is InChI=1S/C10H10BrNO2/c1-3-6-4-9-8(5-7(6)11)12(2)10(13)14-9/h4-5H,3H2,1-2H3. The number of rotatable bonds is 1. The van der Waals surface area contributed by atoms with Gasteiger partial charge in [0.05, 0.1) is 5.52 Å². The number of nitrogens with zero attached hydrogens (tertiary/aromatic N) is 1. The fourth-order valence-electron chi connectivity index (χ4n) is 1.46. The molecule has 0 unspecified atom stereocenters. The summed E-state index contributed by atoms with van der Waals surface area (Å²) < 4.78 is 7.60. The predicted molar refractivity (Wildman–Crippen MR) is 58.5 cm³/mol. The first kappa shape index (κ1) is 9.52. The van der Waals surface area contributed by atoms with Gasteiger partial charge in [0.15, 0.2) is 5.58 Å². The van der Waals surface area contributed by atoms with Crippen molar-refractivity contribution in [2.45, 2.75) is 13.3 Å². The number of hydrogen-bond acceptors (Lipinski definition) is 2. The quantitative estimate of drug-likeness (QED) is 0.785. The number of oxazole rings is 1. The van der Waals surface area contributed by atoms with Gasteiger partial charge in [0, 0.05) is 11.5 Å². The van der Waals surface area contributed by atoms with E-state index in [0.29, 0.717) is 5.58 Å². The van der Waals surface area contributed by atoms with E-state index in [2.05, 4.69) is 22.9 Å². The lowest BCUT2D eigenvalue weighted by Gasteiger charge is -2.00. The molecule has 0 aliphatic rings. The maximum atomic E-state index is 11.2. The third-order valence-corrected chi connectivity index (χ3v) is 3.08. The second-order valence-corrected chi connectivity index (χ2v) is 4.05. The van der Waals surface area contributed by atoms with Gasteiger partial charge in [-0.1, -0.05) is 22.9 Å². The second-order valence-electron chi connectivity index (χ2n) is 3.19. The van der Waals surface area contributed by atoms with Crippen LogP contribution in [0.1, 0.15) is 12.5 Å². The molecule has 0 aliphatic carbocycles. The molecule has 14 heavy (non-hydrogen) atoms. The molecule has 0 amide bonds. The van der Waals surface area contributed by atoms with Crippen molar-refractivity contribution < 1.29 is 4.42 Å². The molecule has 0 spiro atoms. The van der Waals surface area contributed by atoms with Gasteiger partial charge < -0.3 is 4.42 Å². The van der Waals surface area contributed by atoms with Crippen LogP contribution in [0, 0.1) is 0 Å². The van der Waals surface area contributed by atoms with Gasteiger partial charge in [0.1, 0.15) is 0 Å². The van der Waals surface area contributed by atoms with Crippen LogP contribution in [-0.2, 0) is 13.5 Å². The summed E-state index contributed by atoms with van der Waals surface area (Å²) in [6.45, 7) is 2.06. The topological polar surface area (TPSA) is 35.1 Å². The Bertz CT molecular complexity index is 539. The van der Waals surface area contributed by atoms with Gasteiger partial charge in [-0.25, -0.2) is 4.79 Å². The lowest BCUT2D eigenvalue weighted by molar-refractivity contribution is 0.528. The molecule has 74 valence electrons. The van der Waals surface area contributed by atoms with Crippen LogP contribution < -0.4 is 5.76 Å². The van der Waals surface area contributed by atoms with E-state index in [-0.39, 0.29) is 5.76 Å². The zero-order valence-electron chi connectivity index (χ0n) is 8.00. The predicted octanol–water partition coefficient (Wildman–Crippen LogP) is 2.46. The SMILES string of the molecule is CCc1cc2oc(=O)n(C)c2cc1Br. The fourth-order valence-corrected chi connectivity index (χ4v) is 2.07. The maximum Gasteiger partial charge on any atom is 0.419 e. The molecule has 1 aromatic carbocycles. The molecule has 1 aromatic heterocycles. The highest BCUT2D eigenvalue weighted by molar-refractivity contribution is 9.10. The summed E-state index contributed by atoms with van der Waals surface area (Å²) in [5.74, 6) is -0.319. The van der Waals surface area contributed by atoms with Gasteiger partial charge in [-0.05, 0) is 24.1 Å². The number of halogens is 1. The van der Waals surface area contributed by atoms with Crippen LogP contribution in [0.3, 0.4) is 0 Å². The smallest absolute Gasteiger partial charge is 0.408 e. The largest absolute Gasteiger partial charge is 0.419 e. The molecule has 0 radical (unpaired) electrons. The van der Waals surface area contributed by atoms with Crippen LogP contribution in [0.2, 0.25) is 0 Å². The van der Waals surface area contributed by atoms with E-state index in [9.17, 15) is 4.79 Å². The average molecular weight is 256 g/mol. The van der Waals surface area contributed by atoms with Gasteiger partial charge in [0.25, 0.3) is 0 Å². The fraction of sp³-hybridized carbons (Fsp3) is 0.300. The Morgan fingerprint density at radius 2 is 2.21 bits per heavy atom. The van der Waals surface area contributed by atoms with E-state index in [1.54, 1.807) is 7.05 Å². The van der Waals surface area contributed by atoms with Crippen molar-refractivity contribution in [3.63, 3.8) is 0 Å². The van der Waals surface area contributed by atoms with E-state index in [0.717, 1.165) is 22.0 Å². The highest BCUT2D eigenvalue weighted by Gasteiger charge is 2.08. The van der Waals surface area contributed by atoms with E-state index < -0.39 is 0 Å². The zero-order chi connectivity index (χ0) is 10.3. The third kappa shape index (κ3) is 1.30. The van der Waals surface area contributed by atoms with E-state index >= 15 is 0 Å². The van der Waals surface area contributed by atoms with Gasteiger partial charge in [-0.2, -0.15) is 0 Å². The maximum absolute atomic E-state index is 11.2. The van der Waals surface area contributed by atoms with Crippen LogP contribution in [0.4, 0.5) is 0 Å². The van der Waals surface area contributed by atoms with Crippen LogP contribution in [0.15, 0.2) is 25.8 Å². The molecule has 0 bridgehead atoms. The summed E-state index contributed by atoms with van der Waals surface area (Å²) in [6.07, 6.45) is 0.912. The van der Waals surface area contributed by atoms with Crippen molar-refractivity contribution in [3.05, 3.63) is 32.7 Å². The second kappa shape index (κ2) is 3.28.